The number of aromatic amines is 1. The zero-order chi connectivity index (χ0) is 22.7. The molecule has 168 valence electrons. The number of H-pyrrole nitrogens is 1. The molecule has 1 aliphatic heterocycles. The summed E-state index contributed by atoms with van der Waals surface area (Å²) < 4.78 is 30.2. The fraction of sp³-hybridized carbons (Fsp3) is 0.320. The number of pyridine rings is 1. The predicted molar refractivity (Wildman–Crippen MR) is 121 cm³/mol. The van der Waals surface area contributed by atoms with E-state index in [0.717, 1.165) is 61.9 Å². The third-order valence-electron chi connectivity index (χ3n) is 7.25. The molecule has 1 fully saturated rings. The number of halogens is 2. The van der Waals surface area contributed by atoms with Gasteiger partial charge in [-0.1, -0.05) is 12.1 Å². The number of rotatable bonds is 2. The van der Waals surface area contributed by atoms with Crippen LogP contribution in [0.3, 0.4) is 0 Å². The minimum atomic E-state index is -0.897. The minimum absolute atomic E-state index is 0.0409. The van der Waals surface area contributed by atoms with Gasteiger partial charge < -0.3 is 9.88 Å². The van der Waals surface area contributed by atoms with Crippen molar-refractivity contribution in [2.75, 3.05) is 18.0 Å². The maximum absolute atomic E-state index is 14.6. The average Bonchev–Trinajstić information content (AvgIpc) is 3.41. The standard InChI is InChI=1S/C25H23F2N5O/c1-15-23(17-3-2-4-18(26)22(17)27)32-20(7-10-28-32)24(29-15)31-11-8-25(9-12-31)13-16-5-6-21(33)30-19(16)14-25/h2-7,10H,8-9,11-14H2,1H3,(H,30,33). The summed E-state index contributed by atoms with van der Waals surface area (Å²) in [5, 5.41) is 4.42. The number of fused-ring (bicyclic) bond motifs is 2. The zero-order valence-electron chi connectivity index (χ0n) is 18.2. The highest BCUT2D eigenvalue weighted by atomic mass is 19.2. The number of aryl methyl sites for hydroxylation is 1. The smallest absolute Gasteiger partial charge is 0.248 e. The third kappa shape index (κ3) is 3.15. The fourth-order valence-corrected chi connectivity index (χ4v) is 5.56. The molecule has 0 unspecified atom stereocenters. The Labute approximate surface area is 188 Å². The van der Waals surface area contributed by atoms with Gasteiger partial charge in [-0.25, -0.2) is 18.3 Å². The molecule has 3 aromatic heterocycles. The van der Waals surface area contributed by atoms with Gasteiger partial charge in [0.25, 0.3) is 0 Å². The van der Waals surface area contributed by atoms with Crippen molar-refractivity contribution in [1.29, 1.82) is 0 Å². The topological polar surface area (TPSA) is 66.3 Å². The number of benzene rings is 1. The lowest BCUT2D eigenvalue weighted by molar-refractivity contribution is 0.231. The molecular weight excluding hydrogens is 424 g/mol. The van der Waals surface area contributed by atoms with Crippen LogP contribution in [0.2, 0.25) is 0 Å². The van der Waals surface area contributed by atoms with E-state index in [1.165, 1.54) is 11.6 Å². The Hall–Kier alpha value is -3.55. The molecule has 2 aliphatic rings. The van der Waals surface area contributed by atoms with E-state index in [0.29, 0.717) is 11.4 Å². The van der Waals surface area contributed by atoms with Crippen LogP contribution in [-0.4, -0.2) is 32.7 Å². The molecule has 4 aromatic rings. The Kier molecular flexibility index (Phi) is 4.40. The van der Waals surface area contributed by atoms with Gasteiger partial charge in [-0.2, -0.15) is 5.10 Å². The lowest BCUT2D eigenvalue weighted by atomic mass is 9.76. The lowest BCUT2D eigenvalue weighted by Gasteiger charge is -2.40. The minimum Gasteiger partial charge on any atom is -0.355 e. The highest BCUT2D eigenvalue weighted by Gasteiger charge is 2.41. The molecule has 6 nitrogen and oxygen atoms in total. The normalized spacial score (nSPS) is 17.1. The van der Waals surface area contributed by atoms with E-state index in [4.69, 9.17) is 4.98 Å². The number of hydrogen-bond donors (Lipinski definition) is 1. The second-order valence-electron chi connectivity index (χ2n) is 9.27. The van der Waals surface area contributed by atoms with Crippen molar-refractivity contribution in [1.82, 2.24) is 19.6 Å². The van der Waals surface area contributed by atoms with Gasteiger partial charge in [0.15, 0.2) is 17.5 Å². The summed E-state index contributed by atoms with van der Waals surface area (Å²) in [7, 11) is 0. The number of piperidine rings is 1. The van der Waals surface area contributed by atoms with E-state index in [1.807, 2.05) is 12.1 Å². The molecule has 0 saturated carbocycles. The maximum Gasteiger partial charge on any atom is 0.248 e. The number of hydrogen-bond acceptors (Lipinski definition) is 4. The highest BCUT2D eigenvalue weighted by molar-refractivity contribution is 5.75. The molecule has 4 heterocycles. The summed E-state index contributed by atoms with van der Waals surface area (Å²) in [5.74, 6) is -0.980. The first-order chi connectivity index (χ1) is 15.9. The van der Waals surface area contributed by atoms with Gasteiger partial charge in [-0.3, -0.25) is 4.79 Å². The van der Waals surface area contributed by atoms with Crippen molar-refractivity contribution in [3.63, 3.8) is 0 Å². The van der Waals surface area contributed by atoms with Crippen LogP contribution in [0.15, 0.2) is 47.4 Å². The van der Waals surface area contributed by atoms with Crippen LogP contribution in [-0.2, 0) is 12.8 Å². The Morgan fingerprint density at radius 3 is 2.70 bits per heavy atom. The first kappa shape index (κ1) is 20.1. The first-order valence-corrected chi connectivity index (χ1v) is 11.2. The molecule has 1 spiro atoms. The van der Waals surface area contributed by atoms with E-state index >= 15 is 0 Å². The first-order valence-electron chi connectivity index (χ1n) is 11.2. The molecule has 0 amide bonds. The third-order valence-corrected chi connectivity index (χ3v) is 7.25. The summed E-state index contributed by atoms with van der Waals surface area (Å²) in [4.78, 5) is 21.8. The molecule has 33 heavy (non-hydrogen) atoms. The van der Waals surface area contributed by atoms with Crippen LogP contribution in [0.4, 0.5) is 14.6 Å². The lowest BCUT2D eigenvalue weighted by Crippen LogP contribution is -2.41. The largest absolute Gasteiger partial charge is 0.355 e. The van der Waals surface area contributed by atoms with Gasteiger partial charge in [0.1, 0.15) is 5.52 Å². The average molecular weight is 447 g/mol. The van der Waals surface area contributed by atoms with Gasteiger partial charge >= 0.3 is 0 Å². The van der Waals surface area contributed by atoms with Gasteiger partial charge in [-0.05, 0) is 61.8 Å². The summed E-state index contributed by atoms with van der Waals surface area (Å²) in [6, 6.07) is 9.59. The quantitative estimate of drug-likeness (QED) is 0.503. The molecule has 1 N–H and O–H groups in total. The molecule has 0 atom stereocenters. The Morgan fingerprint density at radius 1 is 1.06 bits per heavy atom. The summed E-state index contributed by atoms with van der Waals surface area (Å²) in [6.45, 7) is 3.47. The molecular formula is C25H23F2N5O. The molecule has 1 aliphatic carbocycles. The van der Waals surface area contributed by atoms with Gasteiger partial charge in [0, 0.05) is 30.4 Å². The number of nitrogens with one attached hydrogen (secondary N) is 1. The zero-order valence-corrected chi connectivity index (χ0v) is 18.2. The van der Waals surface area contributed by atoms with E-state index < -0.39 is 11.6 Å². The second kappa shape index (κ2) is 7.23. The van der Waals surface area contributed by atoms with Crippen LogP contribution < -0.4 is 10.5 Å². The highest BCUT2D eigenvalue weighted by Crippen LogP contribution is 2.44. The Bertz CT molecular complexity index is 1450. The summed E-state index contributed by atoms with van der Waals surface area (Å²) >= 11 is 0. The number of nitrogens with zero attached hydrogens (tertiary/aromatic N) is 4. The summed E-state index contributed by atoms with van der Waals surface area (Å²) in [5.41, 5.74) is 4.42. The van der Waals surface area contributed by atoms with E-state index in [-0.39, 0.29) is 16.5 Å². The predicted octanol–water partition coefficient (Wildman–Crippen LogP) is 4.06. The van der Waals surface area contributed by atoms with Crippen molar-refractivity contribution >= 4 is 11.3 Å². The number of aromatic nitrogens is 4. The van der Waals surface area contributed by atoms with Crippen LogP contribution in [0, 0.1) is 24.0 Å². The molecule has 1 saturated heterocycles. The molecule has 1 aromatic carbocycles. The monoisotopic (exact) mass is 447 g/mol. The van der Waals surface area contributed by atoms with Gasteiger partial charge in [0.05, 0.1) is 17.6 Å². The van der Waals surface area contributed by atoms with Crippen molar-refractivity contribution < 1.29 is 8.78 Å². The van der Waals surface area contributed by atoms with E-state index in [1.54, 1.807) is 29.8 Å². The van der Waals surface area contributed by atoms with Crippen molar-refractivity contribution in [2.24, 2.45) is 5.41 Å². The SMILES string of the molecule is Cc1nc(N2CCC3(CC2)Cc2ccc(=O)[nH]c2C3)c2ccnn2c1-c1cccc(F)c1F. The second-order valence-corrected chi connectivity index (χ2v) is 9.27. The maximum atomic E-state index is 14.6. The molecule has 0 bridgehead atoms. The summed E-state index contributed by atoms with van der Waals surface area (Å²) in [6.07, 6.45) is 5.53. The van der Waals surface area contributed by atoms with Crippen LogP contribution >= 0.6 is 0 Å². The Morgan fingerprint density at radius 2 is 1.88 bits per heavy atom. The fourth-order valence-electron chi connectivity index (χ4n) is 5.56. The van der Waals surface area contributed by atoms with Gasteiger partial charge in [-0.15, -0.1) is 0 Å². The van der Waals surface area contributed by atoms with Crippen molar-refractivity contribution in [3.05, 3.63) is 81.5 Å². The van der Waals surface area contributed by atoms with Crippen LogP contribution in [0.25, 0.3) is 16.8 Å². The van der Waals surface area contributed by atoms with E-state index in [2.05, 4.69) is 15.0 Å². The van der Waals surface area contributed by atoms with Crippen molar-refractivity contribution in [2.45, 2.75) is 32.6 Å². The molecule has 6 rings (SSSR count). The number of anilines is 1. The molecule has 0 radical (unpaired) electrons. The van der Waals surface area contributed by atoms with Crippen LogP contribution in [0.5, 0.6) is 0 Å². The van der Waals surface area contributed by atoms with E-state index in [9.17, 15) is 13.6 Å². The van der Waals surface area contributed by atoms with Crippen LogP contribution in [0.1, 0.15) is 29.8 Å². The Balaban J connectivity index is 1.33. The van der Waals surface area contributed by atoms with Gasteiger partial charge in [0.2, 0.25) is 5.56 Å². The molecule has 8 heteroatoms. The van der Waals surface area contributed by atoms with Crippen molar-refractivity contribution in [3.8, 4) is 11.3 Å².